The first-order valence-corrected chi connectivity index (χ1v) is 5.97. The Labute approximate surface area is 106 Å². The molecule has 1 fully saturated rings. The quantitative estimate of drug-likeness (QED) is 0.839. The van der Waals surface area contributed by atoms with Gasteiger partial charge in [0.25, 0.3) is 0 Å². The van der Waals surface area contributed by atoms with Gasteiger partial charge in [0.1, 0.15) is 12.8 Å². The van der Waals surface area contributed by atoms with Crippen molar-refractivity contribution in [1.29, 1.82) is 0 Å². The number of rotatable bonds is 3. The van der Waals surface area contributed by atoms with Crippen molar-refractivity contribution in [2.24, 2.45) is 5.92 Å². The highest BCUT2D eigenvalue weighted by Gasteiger charge is 2.34. The maximum Gasteiger partial charge on any atom is 0.412 e. The number of benzene rings is 1. The minimum Gasteiger partial charge on any atom is -0.444 e. The van der Waals surface area contributed by atoms with Crippen LogP contribution < -0.4 is 0 Å². The summed E-state index contributed by atoms with van der Waals surface area (Å²) in [6, 6.07) is 9.36. The van der Waals surface area contributed by atoms with Crippen LogP contribution in [0.5, 0.6) is 0 Å². The van der Waals surface area contributed by atoms with Crippen LogP contribution in [0.15, 0.2) is 30.3 Å². The van der Waals surface area contributed by atoms with E-state index in [-0.39, 0.29) is 19.1 Å². The highest BCUT2D eigenvalue weighted by atomic mass is 16.6. The SMILES string of the molecule is O=C(OCc1ccccc1)N1C[C@@H](CO)C[C@@H]1O. The molecule has 1 saturated heterocycles. The molecule has 2 N–H and O–H groups in total. The maximum absolute atomic E-state index is 11.8. The van der Waals surface area contributed by atoms with Crippen molar-refractivity contribution in [3.8, 4) is 0 Å². The van der Waals surface area contributed by atoms with Crippen LogP contribution in [0, 0.1) is 5.92 Å². The Morgan fingerprint density at radius 1 is 1.39 bits per heavy atom. The zero-order valence-electron chi connectivity index (χ0n) is 10.0. The van der Waals surface area contributed by atoms with Crippen molar-refractivity contribution in [2.75, 3.05) is 13.2 Å². The summed E-state index contributed by atoms with van der Waals surface area (Å²) in [5.41, 5.74) is 0.901. The van der Waals surface area contributed by atoms with E-state index in [1.807, 2.05) is 30.3 Å². The summed E-state index contributed by atoms with van der Waals surface area (Å²) in [6.07, 6.45) is -0.996. The molecule has 2 atom stereocenters. The number of hydrogen-bond acceptors (Lipinski definition) is 4. The Hall–Kier alpha value is -1.59. The number of amides is 1. The fourth-order valence-electron chi connectivity index (χ4n) is 2.03. The molecule has 0 radical (unpaired) electrons. The first-order chi connectivity index (χ1) is 8.70. The summed E-state index contributed by atoms with van der Waals surface area (Å²) < 4.78 is 5.12. The molecule has 1 aliphatic heterocycles. The number of nitrogens with zero attached hydrogens (tertiary/aromatic N) is 1. The van der Waals surface area contributed by atoms with Crippen molar-refractivity contribution >= 4 is 6.09 Å². The van der Waals surface area contributed by atoms with Gasteiger partial charge in [-0.1, -0.05) is 30.3 Å². The third kappa shape index (κ3) is 3.00. The lowest BCUT2D eigenvalue weighted by Crippen LogP contribution is -2.36. The van der Waals surface area contributed by atoms with Crippen LogP contribution in [-0.2, 0) is 11.3 Å². The Balaban J connectivity index is 1.85. The summed E-state index contributed by atoms with van der Waals surface area (Å²) in [4.78, 5) is 13.0. The predicted octanol–water partition coefficient (Wildman–Crippen LogP) is 0.956. The van der Waals surface area contributed by atoms with E-state index < -0.39 is 12.3 Å². The monoisotopic (exact) mass is 251 g/mol. The number of likely N-dealkylation sites (tertiary alicyclic amines) is 1. The van der Waals surface area contributed by atoms with Crippen LogP contribution in [0.3, 0.4) is 0 Å². The van der Waals surface area contributed by atoms with Crippen molar-refractivity contribution in [3.63, 3.8) is 0 Å². The second-order valence-corrected chi connectivity index (χ2v) is 4.46. The lowest BCUT2D eigenvalue weighted by Gasteiger charge is -2.19. The first kappa shape index (κ1) is 12.9. The molecule has 2 rings (SSSR count). The van der Waals surface area contributed by atoms with Crippen molar-refractivity contribution < 1.29 is 19.7 Å². The number of aliphatic hydroxyl groups is 2. The highest BCUT2D eigenvalue weighted by Crippen LogP contribution is 2.22. The molecule has 98 valence electrons. The molecule has 1 amide bonds. The van der Waals surface area contributed by atoms with Crippen molar-refractivity contribution in [2.45, 2.75) is 19.3 Å². The number of aliphatic hydroxyl groups excluding tert-OH is 2. The molecule has 0 spiro atoms. The van der Waals surface area contributed by atoms with Gasteiger partial charge in [-0.2, -0.15) is 0 Å². The van der Waals surface area contributed by atoms with Gasteiger partial charge in [0.2, 0.25) is 0 Å². The second-order valence-electron chi connectivity index (χ2n) is 4.46. The Bertz CT molecular complexity index is 395. The van der Waals surface area contributed by atoms with Crippen molar-refractivity contribution in [1.82, 2.24) is 4.90 Å². The lowest BCUT2D eigenvalue weighted by atomic mass is 10.1. The number of carbonyl (C=O) groups is 1. The molecular formula is C13H17NO4. The zero-order valence-corrected chi connectivity index (χ0v) is 10.0. The summed E-state index contributed by atoms with van der Waals surface area (Å²) >= 11 is 0. The molecule has 0 unspecified atom stereocenters. The molecule has 0 aromatic heterocycles. The topological polar surface area (TPSA) is 70.0 Å². The van der Waals surface area contributed by atoms with Gasteiger partial charge in [0.15, 0.2) is 0 Å². The highest BCUT2D eigenvalue weighted by molar-refractivity contribution is 5.68. The minimum atomic E-state index is -0.856. The molecule has 5 heteroatoms. The summed E-state index contributed by atoms with van der Waals surface area (Å²) in [5, 5.41) is 18.7. The van der Waals surface area contributed by atoms with E-state index >= 15 is 0 Å². The molecule has 0 aliphatic carbocycles. The van der Waals surface area contributed by atoms with E-state index in [1.165, 1.54) is 4.90 Å². The largest absolute Gasteiger partial charge is 0.444 e. The zero-order chi connectivity index (χ0) is 13.0. The van der Waals surface area contributed by atoms with Crippen LogP contribution >= 0.6 is 0 Å². The van der Waals surface area contributed by atoms with Gasteiger partial charge in [-0.15, -0.1) is 0 Å². The molecule has 5 nitrogen and oxygen atoms in total. The molecule has 1 aromatic carbocycles. The van der Waals surface area contributed by atoms with E-state index in [4.69, 9.17) is 9.84 Å². The lowest BCUT2D eigenvalue weighted by molar-refractivity contribution is 0.0220. The number of hydrogen-bond donors (Lipinski definition) is 2. The fourth-order valence-corrected chi connectivity index (χ4v) is 2.03. The smallest absolute Gasteiger partial charge is 0.412 e. The fraction of sp³-hybridized carbons (Fsp3) is 0.462. The van der Waals surface area contributed by atoms with Crippen LogP contribution in [0.1, 0.15) is 12.0 Å². The van der Waals surface area contributed by atoms with Gasteiger partial charge in [-0.05, 0) is 12.0 Å². The number of carbonyl (C=O) groups excluding carboxylic acids is 1. The van der Waals surface area contributed by atoms with E-state index in [1.54, 1.807) is 0 Å². The molecular weight excluding hydrogens is 234 g/mol. The van der Waals surface area contributed by atoms with E-state index in [9.17, 15) is 9.90 Å². The van der Waals surface area contributed by atoms with Gasteiger partial charge in [-0.3, -0.25) is 4.90 Å². The summed E-state index contributed by atoms with van der Waals surface area (Å²) in [5.74, 6) is -0.0655. The molecule has 1 aromatic rings. The average Bonchev–Trinajstić information content (AvgIpc) is 2.78. The summed E-state index contributed by atoms with van der Waals surface area (Å²) in [7, 11) is 0. The van der Waals surface area contributed by atoms with E-state index in [0.29, 0.717) is 13.0 Å². The standard InChI is InChI=1S/C13H17NO4/c15-8-11-6-12(16)14(7-11)13(17)18-9-10-4-2-1-3-5-10/h1-5,11-12,15-16H,6-9H2/t11-,12-/m0/s1. The molecule has 18 heavy (non-hydrogen) atoms. The van der Waals surface area contributed by atoms with Crippen molar-refractivity contribution in [3.05, 3.63) is 35.9 Å². The number of ether oxygens (including phenoxy) is 1. The van der Waals surface area contributed by atoms with Crippen LogP contribution in [0.4, 0.5) is 4.79 Å². The Morgan fingerprint density at radius 2 is 2.11 bits per heavy atom. The Morgan fingerprint density at radius 3 is 2.72 bits per heavy atom. The van der Waals surface area contributed by atoms with Gasteiger partial charge in [0, 0.05) is 19.1 Å². The minimum absolute atomic E-state index is 0.0282. The van der Waals surface area contributed by atoms with E-state index in [2.05, 4.69) is 0 Å². The van der Waals surface area contributed by atoms with Gasteiger partial charge in [0.05, 0.1) is 0 Å². The van der Waals surface area contributed by atoms with Crippen LogP contribution in [0.25, 0.3) is 0 Å². The predicted molar refractivity (Wildman–Crippen MR) is 64.5 cm³/mol. The third-order valence-electron chi connectivity index (χ3n) is 3.06. The van der Waals surface area contributed by atoms with Crippen LogP contribution in [-0.4, -0.2) is 40.6 Å². The average molecular weight is 251 g/mol. The Kier molecular flexibility index (Phi) is 4.17. The second kappa shape index (κ2) is 5.84. The molecule has 1 aliphatic rings. The third-order valence-corrected chi connectivity index (χ3v) is 3.06. The summed E-state index contributed by atoms with van der Waals surface area (Å²) in [6.45, 7) is 0.498. The van der Waals surface area contributed by atoms with Gasteiger partial charge in [-0.25, -0.2) is 4.79 Å². The normalized spacial score (nSPS) is 23.1. The molecule has 1 heterocycles. The van der Waals surface area contributed by atoms with Gasteiger partial charge < -0.3 is 14.9 Å². The van der Waals surface area contributed by atoms with E-state index in [0.717, 1.165) is 5.56 Å². The molecule has 0 saturated carbocycles. The van der Waals surface area contributed by atoms with Crippen LogP contribution in [0.2, 0.25) is 0 Å². The molecule has 0 bridgehead atoms. The van der Waals surface area contributed by atoms with Gasteiger partial charge >= 0.3 is 6.09 Å². The first-order valence-electron chi connectivity index (χ1n) is 5.97. The maximum atomic E-state index is 11.8.